The predicted molar refractivity (Wildman–Crippen MR) is 129 cm³/mol. The van der Waals surface area contributed by atoms with Crippen molar-refractivity contribution in [2.45, 2.75) is 124 Å². The highest BCUT2D eigenvalue weighted by atomic mass is 16.6. The van der Waals surface area contributed by atoms with Gasteiger partial charge in [-0.3, -0.25) is 14.4 Å². The van der Waals surface area contributed by atoms with Gasteiger partial charge in [0.05, 0.1) is 7.11 Å². The number of unbranched alkanes of at least 4 members (excludes halogenated alkanes) is 2. The van der Waals surface area contributed by atoms with Gasteiger partial charge in [0.25, 0.3) is 0 Å². The molecule has 196 valence electrons. The predicted octanol–water partition coefficient (Wildman–Crippen LogP) is 4.38. The second kappa shape index (κ2) is 18.8. The highest BCUT2D eigenvalue weighted by molar-refractivity contribution is 5.77. The summed E-state index contributed by atoms with van der Waals surface area (Å²) in [6, 6.07) is -1.36. The number of esters is 3. The molecule has 0 radical (unpaired) electrons. The van der Waals surface area contributed by atoms with Crippen LogP contribution >= 0.6 is 0 Å². The lowest BCUT2D eigenvalue weighted by atomic mass is 10.1. The van der Waals surface area contributed by atoms with E-state index in [1.165, 1.54) is 7.11 Å². The lowest BCUT2D eigenvalue weighted by Crippen LogP contribution is -2.38. The minimum absolute atomic E-state index is 0. The van der Waals surface area contributed by atoms with Gasteiger partial charge in [-0.25, -0.2) is 0 Å². The molecule has 0 aliphatic rings. The number of carbonyl (C=O) groups is 3. The lowest BCUT2D eigenvalue weighted by Gasteiger charge is -2.22. The number of rotatable bonds is 10. The van der Waals surface area contributed by atoms with Crippen molar-refractivity contribution < 1.29 is 36.7 Å². The van der Waals surface area contributed by atoms with Crippen LogP contribution in [-0.4, -0.2) is 53.5 Å². The van der Waals surface area contributed by atoms with E-state index in [1.54, 1.807) is 41.5 Å². The fourth-order valence-corrected chi connectivity index (χ4v) is 2.14. The molecule has 0 aromatic heterocycles. The zero-order valence-electron chi connectivity index (χ0n) is 21.9. The molecule has 0 amide bonds. The number of carbonyl (C=O) groups excluding carboxylic acids is 3. The van der Waals surface area contributed by atoms with E-state index in [-0.39, 0.29) is 21.7 Å². The Balaban J connectivity index is -0.000000154. The molecule has 2 atom stereocenters. The van der Waals surface area contributed by atoms with Crippen molar-refractivity contribution in [2.75, 3.05) is 7.11 Å². The van der Waals surface area contributed by atoms with Crippen molar-refractivity contribution in [3.8, 4) is 0 Å². The molecule has 0 aliphatic carbocycles. The molecule has 0 aromatic carbocycles. The zero-order chi connectivity index (χ0) is 26.0. The van der Waals surface area contributed by atoms with Gasteiger partial charge in [-0.05, 0) is 54.4 Å². The normalized spacial score (nSPS) is 12.8. The van der Waals surface area contributed by atoms with Gasteiger partial charge in [0, 0.05) is 9.27 Å². The van der Waals surface area contributed by atoms with E-state index < -0.39 is 35.2 Å². The molecule has 0 bridgehead atoms. The summed E-state index contributed by atoms with van der Waals surface area (Å²) in [6.45, 7) is 16.8. The molecule has 0 spiro atoms. The third kappa shape index (κ3) is 23.0. The van der Waals surface area contributed by atoms with E-state index in [9.17, 15) is 14.4 Å². The van der Waals surface area contributed by atoms with Crippen LogP contribution in [0.15, 0.2) is 0 Å². The molecule has 0 saturated carbocycles. The number of hydrogen-bond donors (Lipinski definition) is 3. The van der Waals surface area contributed by atoms with Gasteiger partial charge in [-0.15, -0.1) is 0 Å². The summed E-state index contributed by atoms with van der Waals surface area (Å²) in [5.41, 5.74) is 6.50. The van der Waals surface area contributed by atoms with Crippen LogP contribution < -0.4 is 11.2 Å². The standard InChI is InChI=1S/C13H25NO4.C8H17NO3.C2H6.2H2/c1-12(2,3)17-10(15)8-7-9(14)11(16)18-13(4,5)6;1-3-4-5-6-7(9-11)8(10)12-2;1-2;;/h9H,7-8,14H2,1-6H3;7,9,11H,3-6H2,1-2H3;1-2H3;2*1H/t9-;7-;;;/m00.../s1. The van der Waals surface area contributed by atoms with Gasteiger partial charge in [-0.2, -0.15) is 5.48 Å². The molecular formula is C23H52N2O7. The Morgan fingerprint density at radius 3 is 1.81 bits per heavy atom. The zero-order valence-corrected chi connectivity index (χ0v) is 21.9. The maximum atomic E-state index is 11.6. The Hall–Kier alpha value is -1.71. The number of hydroxylamine groups is 1. The third-order valence-corrected chi connectivity index (χ3v) is 3.53. The third-order valence-electron chi connectivity index (χ3n) is 3.53. The van der Waals surface area contributed by atoms with Crippen LogP contribution in [0.3, 0.4) is 0 Å². The van der Waals surface area contributed by atoms with Crippen LogP contribution in [0.1, 0.15) is 104 Å². The van der Waals surface area contributed by atoms with Gasteiger partial charge in [0.2, 0.25) is 0 Å². The van der Waals surface area contributed by atoms with E-state index in [2.05, 4.69) is 11.7 Å². The summed E-state index contributed by atoms with van der Waals surface area (Å²) in [4.78, 5) is 33.9. The smallest absolute Gasteiger partial charge is 0.325 e. The van der Waals surface area contributed by atoms with E-state index in [0.717, 1.165) is 19.3 Å². The Morgan fingerprint density at radius 2 is 1.44 bits per heavy atom. The molecule has 0 rings (SSSR count). The molecule has 0 heterocycles. The van der Waals surface area contributed by atoms with Crippen LogP contribution in [0.2, 0.25) is 0 Å². The molecule has 0 saturated heterocycles. The van der Waals surface area contributed by atoms with Crippen molar-refractivity contribution in [3.63, 3.8) is 0 Å². The van der Waals surface area contributed by atoms with Crippen LogP contribution in [0.25, 0.3) is 0 Å². The molecule has 0 aromatic rings. The van der Waals surface area contributed by atoms with Crippen molar-refractivity contribution in [3.05, 3.63) is 0 Å². The minimum atomic E-state index is -0.795. The Labute approximate surface area is 197 Å². The summed E-state index contributed by atoms with van der Waals surface area (Å²) in [5.74, 6) is -1.26. The quantitative estimate of drug-likeness (QED) is 0.184. The first-order chi connectivity index (χ1) is 14.7. The highest BCUT2D eigenvalue weighted by Crippen LogP contribution is 2.12. The molecule has 0 unspecified atom stereocenters. The van der Waals surface area contributed by atoms with Crippen LogP contribution in [0, 0.1) is 0 Å². The van der Waals surface area contributed by atoms with Gasteiger partial charge in [0.15, 0.2) is 0 Å². The first-order valence-corrected chi connectivity index (χ1v) is 11.3. The van der Waals surface area contributed by atoms with Gasteiger partial charge in [-0.1, -0.05) is 40.0 Å². The molecular weight excluding hydrogens is 416 g/mol. The SMILES string of the molecule is CC.CC(C)(C)OC(=O)CC[C@H](N)C(=O)OC(C)(C)C.CCCCC[C@H](NO)C(=O)OC.[HH].[HH]. The van der Waals surface area contributed by atoms with Gasteiger partial charge >= 0.3 is 17.9 Å². The minimum Gasteiger partial charge on any atom is -0.468 e. The molecule has 32 heavy (non-hydrogen) atoms. The monoisotopic (exact) mass is 468 g/mol. The first kappa shape index (κ1) is 34.9. The maximum absolute atomic E-state index is 11.6. The second-order valence-corrected chi connectivity index (χ2v) is 8.97. The van der Waals surface area contributed by atoms with Crippen molar-refractivity contribution in [1.82, 2.24) is 5.48 Å². The van der Waals surface area contributed by atoms with Crippen molar-refractivity contribution >= 4 is 17.9 Å². The Bertz CT molecular complexity index is 522. The van der Waals surface area contributed by atoms with E-state index in [4.69, 9.17) is 20.4 Å². The summed E-state index contributed by atoms with van der Waals surface area (Å²) in [7, 11) is 1.31. The highest BCUT2D eigenvalue weighted by Gasteiger charge is 2.24. The van der Waals surface area contributed by atoms with E-state index >= 15 is 0 Å². The summed E-state index contributed by atoms with van der Waals surface area (Å²) in [6.07, 6.45) is 4.04. The number of ether oxygens (including phenoxy) is 3. The number of methoxy groups -OCH3 is 1. The molecule has 9 nitrogen and oxygen atoms in total. The number of hydrogen-bond acceptors (Lipinski definition) is 9. The molecule has 4 N–H and O–H groups in total. The van der Waals surface area contributed by atoms with E-state index in [1.807, 2.05) is 19.3 Å². The maximum Gasteiger partial charge on any atom is 0.325 e. The first-order valence-electron chi connectivity index (χ1n) is 11.3. The lowest BCUT2D eigenvalue weighted by molar-refractivity contribution is -0.158. The number of nitrogens with two attached hydrogens (primary N) is 1. The molecule has 0 fully saturated rings. The van der Waals surface area contributed by atoms with Crippen molar-refractivity contribution in [2.24, 2.45) is 5.73 Å². The number of nitrogens with one attached hydrogen (secondary N) is 1. The van der Waals surface area contributed by atoms with Crippen LogP contribution in [-0.2, 0) is 28.6 Å². The average molecular weight is 469 g/mol. The topological polar surface area (TPSA) is 137 Å². The van der Waals surface area contributed by atoms with Gasteiger partial charge < -0.3 is 25.2 Å². The Kier molecular flexibility index (Phi) is 20.5. The van der Waals surface area contributed by atoms with Crippen LogP contribution in [0.4, 0.5) is 0 Å². The summed E-state index contributed by atoms with van der Waals surface area (Å²) >= 11 is 0. The second-order valence-electron chi connectivity index (χ2n) is 8.97. The van der Waals surface area contributed by atoms with Gasteiger partial charge in [0.1, 0.15) is 23.3 Å². The fraction of sp³-hybridized carbons (Fsp3) is 0.870. The average Bonchev–Trinajstić information content (AvgIpc) is 2.68. The fourth-order valence-electron chi connectivity index (χ4n) is 2.14. The van der Waals surface area contributed by atoms with E-state index in [0.29, 0.717) is 6.42 Å². The molecule has 0 aliphatic heterocycles. The summed E-state index contributed by atoms with van der Waals surface area (Å²) < 4.78 is 14.7. The van der Waals surface area contributed by atoms with Crippen LogP contribution in [0.5, 0.6) is 0 Å². The Morgan fingerprint density at radius 1 is 0.938 bits per heavy atom. The van der Waals surface area contributed by atoms with Crippen molar-refractivity contribution in [1.29, 1.82) is 0 Å². The molecule has 9 heteroatoms. The largest absolute Gasteiger partial charge is 0.468 e. The summed E-state index contributed by atoms with van der Waals surface area (Å²) in [5, 5.41) is 8.58.